The lowest BCUT2D eigenvalue weighted by molar-refractivity contribution is 0.333. The van der Waals surface area contributed by atoms with Gasteiger partial charge in [-0.2, -0.15) is 0 Å². The Balaban J connectivity index is 1.48. The van der Waals surface area contributed by atoms with Crippen molar-refractivity contribution >= 4 is 5.82 Å². The molecule has 0 bridgehead atoms. The van der Waals surface area contributed by atoms with Crippen LogP contribution in [0.15, 0.2) is 43.0 Å². The second-order valence-electron chi connectivity index (χ2n) is 7.09. The summed E-state index contributed by atoms with van der Waals surface area (Å²) in [6.07, 6.45) is 5.29. The van der Waals surface area contributed by atoms with Gasteiger partial charge in [0, 0.05) is 53.7 Å². The van der Waals surface area contributed by atoms with Gasteiger partial charge in [0.25, 0.3) is 0 Å². The molecule has 0 fully saturated rings. The molecular formula is C21H23N5O. The summed E-state index contributed by atoms with van der Waals surface area (Å²) >= 11 is 0. The molecule has 27 heavy (non-hydrogen) atoms. The second kappa shape index (κ2) is 7.31. The number of rotatable bonds is 5. The van der Waals surface area contributed by atoms with Crippen LogP contribution in [0.1, 0.15) is 42.6 Å². The maximum absolute atomic E-state index is 5.88. The highest BCUT2D eigenvalue weighted by Crippen LogP contribution is 2.38. The molecule has 0 radical (unpaired) electrons. The number of nitrogens with zero attached hydrogens (tertiary/aromatic N) is 4. The Labute approximate surface area is 159 Å². The molecule has 1 unspecified atom stereocenters. The molecule has 2 atom stereocenters. The molecule has 0 aliphatic carbocycles. The van der Waals surface area contributed by atoms with Gasteiger partial charge in [0.1, 0.15) is 17.9 Å². The molecular weight excluding hydrogens is 338 g/mol. The monoisotopic (exact) mass is 361 g/mol. The first-order valence-corrected chi connectivity index (χ1v) is 9.22. The molecule has 3 aromatic rings. The molecule has 0 spiro atoms. The fourth-order valence-electron chi connectivity index (χ4n) is 3.26. The number of fused-ring (bicyclic) bond motifs is 1. The number of pyridine rings is 2. The highest BCUT2D eigenvalue weighted by molar-refractivity contribution is 5.61. The van der Waals surface area contributed by atoms with Crippen molar-refractivity contribution in [1.82, 2.24) is 19.9 Å². The Hall–Kier alpha value is -3.02. The lowest BCUT2D eigenvalue weighted by Crippen LogP contribution is -2.12. The zero-order chi connectivity index (χ0) is 18.8. The zero-order valence-electron chi connectivity index (χ0n) is 15.8. The largest absolute Gasteiger partial charge is 0.491 e. The molecule has 138 valence electrons. The number of aryl methyl sites for hydroxylation is 1. The first kappa shape index (κ1) is 17.4. The van der Waals surface area contributed by atoms with E-state index in [0.717, 1.165) is 40.8 Å². The number of aromatic nitrogens is 4. The van der Waals surface area contributed by atoms with E-state index in [1.54, 1.807) is 6.33 Å². The summed E-state index contributed by atoms with van der Waals surface area (Å²) in [5, 5.41) is 3.42. The van der Waals surface area contributed by atoms with Gasteiger partial charge in [-0.05, 0) is 25.1 Å². The third-order valence-corrected chi connectivity index (χ3v) is 4.90. The quantitative estimate of drug-likeness (QED) is 0.742. The van der Waals surface area contributed by atoms with Gasteiger partial charge in [0.15, 0.2) is 0 Å². The summed E-state index contributed by atoms with van der Waals surface area (Å²) in [6.45, 7) is 7.75. The Morgan fingerprint density at radius 2 is 2.07 bits per heavy atom. The summed E-state index contributed by atoms with van der Waals surface area (Å²) in [6, 6.07) is 8.01. The van der Waals surface area contributed by atoms with Gasteiger partial charge in [-0.3, -0.25) is 9.97 Å². The average Bonchev–Trinajstić information content (AvgIpc) is 3.08. The zero-order valence-corrected chi connectivity index (χ0v) is 15.8. The normalized spacial score (nSPS) is 16.5. The predicted octanol–water partition coefficient (Wildman–Crippen LogP) is 3.95. The summed E-state index contributed by atoms with van der Waals surface area (Å²) in [7, 11) is 0. The number of hydrogen-bond donors (Lipinski definition) is 1. The number of hydrogen-bond acceptors (Lipinski definition) is 6. The van der Waals surface area contributed by atoms with E-state index in [9.17, 15) is 0 Å². The van der Waals surface area contributed by atoms with Gasteiger partial charge in [-0.15, -0.1) is 0 Å². The number of nitrogens with one attached hydrogen (secondary N) is 1. The van der Waals surface area contributed by atoms with E-state index in [2.05, 4.69) is 39.1 Å². The summed E-state index contributed by atoms with van der Waals surface area (Å²) in [4.78, 5) is 17.5. The smallest absolute Gasteiger partial charge is 0.144 e. The molecule has 1 aliphatic heterocycles. The highest BCUT2D eigenvalue weighted by atomic mass is 16.5. The van der Waals surface area contributed by atoms with E-state index in [0.29, 0.717) is 12.5 Å². The van der Waals surface area contributed by atoms with E-state index >= 15 is 0 Å². The Morgan fingerprint density at radius 3 is 2.89 bits per heavy atom. The van der Waals surface area contributed by atoms with Crippen LogP contribution < -0.4 is 10.1 Å². The number of anilines is 1. The first-order valence-electron chi connectivity index (χ1n) is 9.22. The maximum atomic E-state index is 5.88. The molecule has 4 heterocycles. The van der Waals surface area contributed by atoms with Crippen LogP contribution in [0.25, 0.3) is 11.3 Å². The standard InChI is InChI=1S/C21H23N5O/c1-13(17-6-7-22-20-14(2)11-27-21(17)20)9-24-19-8-18(25-12-26-19)16-5-4-15(3)23-10-16/h4-8,10,12-14H,9,11H2,1-3H3,(H,24,25,26)/t13?,14-/m1/s1. The molecule has 6 heteroatoms. The molecule has 0 saturated carbocycles. The van der Waals surface area contributed by atoms with E-state index in [1.807, 2.05) is 43.6 Å². The van der Waals surface area contributed by atoms with Crippen LogP contribution >= 0.6 is 0 Å². The van der Waals surface area contributed by atoms with Crippen molar-refractivity contribution in [3.8, 4) is 17.0 Å². The van der Waals surface area contributed by atoms with Crippen molar-refractivity contribution in [2.45, 2.75) is 32.6 Å². The van der Waals surface area contributed by atoms with Crippen LogP contribution in [0, 0.1) is 6.92 Å². The lowest BCUT2D eigenvalue weighted by atomic mass is 9.98. The Morgan fingerprint density at radius 1 is 1.19 bits per heavy atom. The average molecular weight is 361 g/mol. The van der Waals surface area contributed by atoms with Crippen molar-refractivity contribution in [2.24, 2.45) is 0 Å². The van der Waals surface area contributed by atoms with Crippen LogP contribution in [0.2, 0.25) is 0 Å². The lowest BCUT2D eigenvalue weighted by Gasteiger charge is -2.16. The number of ether oxygens (including phenoxy) is 1. The van der Waals surface area contributed by atoms with Gasteiger partial charge < -0.3 is 10.1 Å². The van der Waals surface area contributed by atoms with Crippen molar-refractivity contribution in [3.05, 3.63) is 59.9 Å². The minimum absolute atomic E-state index is 0.270. The molecule has 0 aromatic carbocycles. The second-order valence-corrected chi connectivity index (χ2v) is 7.09. The minimum Gasteiger partial charge on any atom is -0.491 e. The van der Waals surface area contributed by atoms with Crippen LogP contribution in [0.3, 0.4) is 0 Å². The third kappa shape index (κ3) is 3.60. The molecule has 0 amide bonds. The van der Waals surface area contributed by atoms with Gasteiger partial charge in [0.05, 0.1) is 18.0 Å². The van der Waals surface area contributed by atoms with Gasteiger partial charge >= 0.3 is 0 Å². The predicted molar refractivity (Wildman–Crippen MR) is 105 cm³/mol. The van der Waals surface area contributed by atoms with Crippen LogP contribution in [0.4, 0.5) is 5.82 Å². The third-order valence-electron chi connectivity index (χ3n) is 4.90. The maximum Gasteiger partial charge on any atom is 0.144 e. The van der Waals surface area contributed by atoms with Crippen molar-refractivity contribution in [2.75, 3.05) is 18.5 Å². The van der Waals surface area contributed by atoms with Crippen LogP contribution in [-0.2, 0) is 0 Å². The molecule has 1 N–H and O–H groups in total. The van der Waals surface area contributed by atoms with E-state index < -0.39 is 0 Å². The van der Waals surface area contributed by atoms with E-state index in [1.165, 1.54) is 5.56 Å². The Kier molecular flexibility index (Phi) is 4.71. The molecule has 1 aliphatic rings. The highest BCUT2D eigenvalue weighted by Gasteiger charge is 2.26. The summed E-state index contributed by atoms with van der Waals surface area (Å²) in [5.41, 5.74) is 5.08. The molecule has 3 aromatic heterocycles. The van der Waals surface area contributed by atoms with Gasteiger partial charge in [0.2, 0.25) is 0 Å². The first-order chi connectivity index (χ1) is 13.1. The molecule has 6 nitrogen and oxygen atoms in total. The van der Waals surface area contributed by atoms with Crippen LogP contribution in [0.5, 0.6) is 5.75 Å². The minimum atomic E-state index is 0.270. The van der Waals surface area contributed by atoms with Crippen LogP contribution in [-0.4, -0.2) is 33.1 Å². The van der Waals surface area contributed by atoms with Crippen molar-refractivity contribution in [1.29, 1.82) is 0 Å². The van der Waals surface area contributed by atoms with Crippen molar-refractivity contribution in [3.63, 3.8) is 0 Å². The summed E-state index contributed by atoms with van der Waals surface area (Å²) in [5.74, 6) is 2.37. The van der Waals surface area contributed by atoms with E-state index in [-0.39, 0.29) is 5.92 Å². The van der Waals surface area contributed by atoms with Gasteiger partial charge in [-0.1, -0.05) is 13.8 Å². The fourth-order valence-corrected chi connectivity index (χ4v) is 3.26. The van der Waals surface area contributed by atoms with Crippen molar-refractivity contribution < 1.29 is 4.74 Å². The van der Waals surface area contributed by atoms with Gasteiger partial charge in [-0.25, -0.2) is 9.97 Å². The fraction of sp³-hybridized carbons (Fsp3) is 0.333. The molecule has 0 saturated heterocycles. The SMILES string of the molecule is Cc1ccc(-c2cc(NCC(C)c3ccnc4c3OC[C@H]4C)ncn2)cn1. The van der Waals surface area contributed by atoms with E-state index in [4.69, 9.17) is 4.74 Å². The topological polar surface area (TPSA) is 72.8 Å². The Bertz CT molecular complexity index is 942. The molecule has 4 rings (SSSR count). The summed E-state index contributed by atoms with van der Waals surface area (Å²) < 4.78 is 5.88.